The molecule has 0 aliphatic carbocycles. The number of fused-ring (bicyclic) bond motifs is 1. The zero-order valence-corrected chi connectivity index (χ0v) is 23.7. The topological polar surface area (TPSA) is 67.2 Å². The highest BCUT2D eigenvalue weighted by atomic mass is 32.2. The van der Waals surface area contributed by atoms with Gasteiger partial charge in [0.15, 0.2) is 0 Å². The van der Waals surface area contributed by atoms with Gasteiger partial charge in [-0.15, -0.1) is 11.8 Å². The quantitative estimate of drug-likeness (QED) is 0.302. The average Bonchev–Trinajstić information content (AvgIpc) is 3.27. The number of thioether (sulfide) groups is 1. The summed E-state index contributed by atoms with van der Waals surface area (Å²) < 4.78 is 1.85. The van der Waals surface area contributed by atoms with Crippen molar-refractivity contribution in [3.05, 3.63) is 101 Å². The van der Waals surface area contributed by atoms with Crippen molar-refractivity contribution in [1.82, 2.24) is 15.1 Å². The number of nitrogens with one attached hydrogen (secondary N) is 1. The molecule has 7 heteroatoms. The first kappa shape index (κ1) is 26.8. The van der Waals surface area contributed by atoms with Crippen molar-refractivity contribution in [2.24, 2.45) is 0 Å². The maximum absolute atomic E-state index is 13.8. The molecule has 1 aromatic heterocycles. The molecule has 0 saturated heterocycles. The Labute approximate surface area is 234 Å². The fourth-order valence-electron chi connectivity index (χ4n) is 4.89. The van der Waals surface area contributed by atoms with E-state index >= 15 is 0 Å². The van der Waals surface area contributed by atoms with Crippen LogP contribution in [0.15, 0.2) is 78.9 Å². The van der Waals surface area contributed by atoms with E-state index in [1.807, 2.05) is 92.2 Å². The lowest BCUT2D eigenvalue weighted by atomic mass is 9.97. The van der Waals surface area contributed by atoms with Gasteiger partial charge in [0.2, 0.25) is 11.8 Å². The fourth-order valence-corrected chi connectivity index (χ4v) is 6.18. The molecule has 3 aromatic carbocycles. The molecule has 0 radical (unpaired) electrons. The predicted molar refractivity (Wildman–Crippen MR) is 159 cm³/mol. The first-order valence-corrected chi connectivity index (χ1v) is 14.4. The van der Waals surface area contributed by atoms with Crippen LogP contribution in [0.25, 0.3) is 16.9 Å². The number of anilines is 1. The van der Waals surface area contributed by atoms with Gasteiger partial charge in [0.25, 0.3) is 0 Å². The minimum atomic E-state index is -0.180. The minimum absolute atomic E-state index is 0.0232. The summed E-state index contributed by atoms with van der Waals surface area (Å²) in [6.45, 7) is 8.09. The Hall–Kier alpha value is -3.84. The first-order valence-electron chi connectivity index (χ1n) is 13.4. The summed E-state index contributed by atoms with van der Waals surface area (Å²) in [5, 5.41) is 8.06. The summed E-state index contributed by atoms with van der Waals surface area (Å²) in [5.41, 5.74) is 7.00. The molecular formula is C32H34N4O2S. The van der Waals surface area contributed by atoms with Gasteiger partial charge in [-0.25, -0.2) is 4.68 Å². The molecule has 0 bridgehead atoms. The maximum atomic E-state index is 13.8. The van der Waals surface area contributed by atoms with E-state index in [1.54, 1.807) is 16.7 Å². The van der Waals surface area contributed by atoms with E-state index in [-0.39, 0.29) is 35.4 Å². The molecule has 2 unspecified atom stereocenters. The van der Waals surface area contributed by atoms with Gasteiger partial charge in [-0.2, -0.15) is 5.10 Å². The lowest BCUT2D eigenvalue weighted by Gasteiger charge is -2.24. The summed E-state index contributed by atoms with van der Waals surface area (Å²) in [7, 11) is 0. The van der Waals surface area contributed by atoms with E-state index in [0.717, 1.165) is 45.6 Å². The summed E-state index contributed by atoms with van der Waals surface area (Å²) in [6.07, 6.45) is 0.815. The molecule has 1 aliphatic rings. The van der Waals surface area contributed by atoms with Crippen LogP contribution in [-0.4, -0.2) is 39.9 Å². The first-order chi connectivity index (χ1) is 18.9. The van der Waals surface area contributed by atoms with Gasteiger partial charge in [0.1, 0.15) is 12.4 Å². The number of rotatable bonds is 7. The summed E-state index contributed by atoms with van der Waals surface area (Å²) in [6, 6.07) is 26.5. The second-order valence-electron chi connectivity index (χ2n) is 10.1. The second-order valence-corrected chi connectivity index (χ2v) is 11.2. The molecule has 1 aliphatic heterocycles. The summed E-state index contributed by atoms with van der Waals surface area (Å²) >= 11 is 1.59. The number of aromatic nitrogens is 2. The van der Waals surface area contributed by atoms with Crippen molar-refractivity contribution >= 4 is 29.4 Å². The second kappa shape index (κ2) is 11.5. The highest BCUT2D eigenvalue weighted by molar-refractivity contribution is 8.00. The van der Waals surface area contributed by atoms with Crippen LogP contribution in [0, 0.1) is 13.8 Å². The lowest BCUT2D eigenvalue weighted by Crippen LogP contribution is -2.44. The number of aryl methyl sites for hydroxylation is 2. The number of amides is 2. The van der Waals surface area contributed by atoms with Crippen molar-refractivity contribution in [2.45, 2.75) is 45.4 Å². The van der Waals surface area contributed by atoms with E-state index in [1.165, 1.54) is 0 Å². The van der Waals surface area contributed by atoms with Crippen LogP contribution in [0.4, 0.5) is 5.82 Å². The SMILES string of the molecule is CCC(C)NC(=O)CN1C(=O)CSC(c2ccccc2C)c2c(-c3ccccc3)nn(-c3ccc(C)cc3)c21. The van der Waals surface area contributed by atoms with E-state index in [9.17, 15) is 9.59 Å². The summed E-state index contributed by atoms with van der Waals surface area (Å²) in [4.78, 5) is 28.6. The standard InChI is InChI=1S/C32H34N4O2S/c1-5-23(4)33-27(37)19-35-28(38)20-39-31(26-14-10-9-11-22(26)3)29-30(24-12-7-6-8-13-24)34-36(32(29)35)25-17-15-21(2)16-18-25/h6-18,23,31H,5,19-20H2,1-4H3,(H,33,37). The van der Waals surface area contributed by atoms with Gasteiger partial charge in [-0.3, -0.25) is 14.5 Å². The van der Waals surface area contributed by atoms with Crippen molar-refractivity contribution in [3.8, 4) is 16.9 Å². The highest BCUT2D eigenvalue weighted by Gasteiger charge is 2.38. The number of hydrogen-bond donors (Lipinski definition) is 1. The molecule has 6 nitrogen and oxygen atoms in total. The van der Waals surface area contributed by atoms with Crippen LogP contribution in [-0.2, 0) is 9.59 Å². The number of nitrogens with zero attached hydrogens (tertiary/aromatic N) is 3. The van der Waals surface area contributed by atoms with Crippen LogP contribution < -0.4 is 10.2 Å². The van der Waals surface area contributed by atoms with E-state index in [4.69, 9.17) is 5.10 Å². The van der Waals surface area contributed by atoms with Crippen molar-refractivity contribution in [3.63, 3.8) is 0 Å². The molecule has 0 fully saturated rings. The van der Waals surface area contributed by atoms with Crippen LogP contribution >= 0.6 is 11.8 Å². The maximum Gasteiger partial charge on any atom is 0.240 e. The molecule has 2 atom stereocenters. The van der Waals surface area contributed by atoms with Crippen LogP contribution in [0.3, 0.4) is 0 Å². The molecule has 1 N–H and O–H groups in total. The number of carbonyl (C=O) groups is 2. The average molecular weight is 539 g/mol. The zero-order valence-electron chi connectivity index (χ0n) is 22.8. The van der Waals surface area contributed by atoms with Crippen molar-refractivity contribution in [1.29, 1.82) is 0 Å². The Morgan fingerprint density at radius 2 is 1.72 bits per heavy atom. The smallest absolute Gasteiger partial charge is 0.240 e. The molecule has 39 heavy (non-hydrogen) atoms. The van der Waals surface area contributed by atoms with Crippen molar-refractivity contribution in [2.75, 3.05) is 17.2 Å². The molecule has 5 rings (SSSR count). The normalized spacial score (nSPS) is 15.9. The van der Waals surface area contributed by atoms with Crippen LogP contribution in [0.5, 0.6) is 0 Å². The Kier molecular flexibility index (Phi) is 7.89. The largest absolute Gasteiger partial charge is 0.352 e. The Balaban J connectivity index is 1.78. The third-order valence-electron chi connectivity index (χ3n) is 7.21. The molecule has 0 spiro atoms. The highest BCUT2D eigenvalue weighted by Crippen LogP contribution is 2.49. The number of carbonyl (C=O) groups excluding carboxylic acids is 2. The van der Waals surface area contributed by atoms with Gasteiger partial charge < -0.3 is 5.32 Å². The van der Waals surface area contributed by atoms with Crippen molar-refractivity contribution < 1.29 is 9.59 Å². The fraction of sp³-hybridized carbons (Fsp3) is 0.281. The Morgan fingerprint density at radius 1 is 1.03 bits per heavy atom. The van der Waals surface area contributed by atoms with Gasteiger partial charge in [-0.05, 0) is 50.5 Å². The number of hydrogen-bond acceptors (Lipinski definition) is 4. The molecule has 2 heterocycles. The van der Waals surface area contributed by atoms with E-state index < -0.39 is 0 Å². The third kappa shape index (κ3) is 5.50. The Bertz CT molecular complexity index is 1480. The van der Waals surface area contributed by atoms with Gasteiger partial charge in [0, 0.05) is 17.2 Å². The lowest BCUT2D eigenvalue weighted by molar-refractivity contribution is -0.123. The molecule has 2 amide bonds. The van der Waals surface area contributed by atoms with Gasteiger partial charge in [0.05, 0.1) is 22.4 Å². The predicted octanol–water partition coefficient (Wildman–Crippen LogP) is 6.24. The minimum Gasteiger partial charge on any atom is -0.352 e. The monoisotopic (exact) mass is 538 g/mol. The Morgan fingerprint density at radius 3 is 2.41 bits per heavy atom. The molecule has 4 aromatic rings. The van der Waals surface area contributed by atoms with Gasteiger partial charge >= 0.3 is 0 Å². The van der Waals surface area contributed by atoms with Crippen LogP contribution in [0.1, 0.15) is 47.8 Å². The van der Waals surface area contributed by atoms with E-state index in [0.29, 0.717) is 5.82 Å². The van der Waals surface area contributed by atoms with Crippen LogP contribution in [0.2, 0.25) is 0 Å². The molecular weight excluding hydrogens is 504 g/mol. The number of benzene rings is 3. The molecule has 0 saturated carbocycles. The van der Waals surface area contributed by atoms with E-state index in [2.05, 4.69) is 24.4 Å². The summed E-state index contributed by atoms with van der Waals surface area (Å²) in [5.74, 6) is 0.623. The van der Waals surface area contributed by atoms with Gasteiger partial charge in [-0.1, -0.05) is 79.2 Å². The third-order valence-corrected chi connectivity index (χ3v) is 8.44. The molecule has 200 valence electrons. The zero-order chi connectivity index (χ0) is 27.5.